The number of amides is 1. The van der Waals surface area contributed by atoms with E-state index in [1.807, 2.05) is 61.9 Å². The SMILES string of the molecule is CN(C)C[C@@H]1CN(C(=O)c2ccc3ncccc3c2)Cc2cncn21. The number of nitrogens with zero attached hydrogens (tertiary/aromatic N) is 5. The van der Waals surface area contributed by atoms with Crippen LogP contribution in [0.5, 0.6) is 0 Å². The van der Waals surface area contributed by atoms with E-state index in [9.17, 15) is 4.79 Å². The van der Waals surface area contributed by atoms with Gasteiger partial charge in [0.1, 0.15) is 0 Å². The monoisotopic (exact) mass is 335 g/mol. The zero-order valence-corrected chi connectivity index (χ0v) is 14.5. The number of pyridine rings is 1. The molecular formula is C19H21N5O. The molecule has 1 aromatic carbocycles. The van der Waals surface area contributed by atoms with Crippen molar-refractivity contribution in [3.63, 3.8) is 0 Å². The molecule has 0 N–H and O–H groups in total. The van der Waals surface area contributed by atoms with Gasteiger partial charge in [0, 0.05) is 36.4 Å². The van der Waals surface area contributed by atoms with Crippen molar-refractivity contribution in [2.45, 2.75) is 12.6 Å². The van der Waals surface area contributed by atoms with Crippen molar-refractivity contribution in [1.82, 2.24) is 24.3 Å². The normalized spacial score (nSPS) is 17.1. The lowest BCUT2D eigenvalue weighted by Crippen LogP contribution is -2.43. The number of rotatable bonds is 3. The molecule has 0 saturated heterocycles. The highest BCUT2D eigenvalue weighted by Gasteiger charge is 2.28. The Bertz CT molecular complexity index is 917. The van der Waals surface area contributed by atoms with Crippen LogP contribution >= 0.6 is 0 Å². The molecule has 1 atom stereocenters. The van der Waals surface area contributed by atoms with Gasteiger partial charge < -0.3 is 14.4 Å². The fourth-order valence-electron chi connectivity index (χ4n) is 3.50. The molecule has 0 fully saturated rings. The second kappa shape index (κ2) is 6.29. The smallest absolute Gasteiger partial charge is 0.254 e. The van der Waals surface area contributed by atoms with Gasteiger partial charge in [-0.25, -0.2) is 4.98 Å². The van der Waals surface area contributed by atoms with E-state index < -0.39 is 0 Å². The Labute approximate surface area is 146 Å². The molecule has 0 spiro atoms. The lowest BCUT2D eigenvalue weighted by atomic mass is 10.1. The van der Waals surface area contributed by atoms with Crippen LogP contribution < -0.4 is 0 Å². The van der Waals surface area contributed by atoms with Crippen molar-refractivity contribution in [1.29, 1.82) is 0 Å². The Kier molecular flexibility index (Phi) is 3.97. The van der Waals surface area contributed by atoms with E-state index in [0.717, 1.165) is 23.1 Å². The first-order chi connectivity index (χ1) is 12.1. The number of imidazole rings is 1. The number of benzene rings is 1. The van der Waals surface area contributed by atoms with Gasteiger partial charge in [-0.3, -0.25) is 9.78 Å². The fourth-order valence-corrected chi connectivity index (χ4v) is 3.50. The zero-order chi connectivity index (χ0) is 17.4. The number of aromatic nitrogens is 3. The van der Waals surface area contributed by atoms with Crippen LogP contribution in [0.3, 0.4) is 0 Å². The minimum Gasteiger partial charge on any atom is -0.331 e. The van der Waals surface area contributed by atoms with Gasteiger partial charge in [-0.2, -0.15) is 0 Å². The summed E-state index contributed by atoms with van der Waals surface area (Å²) in [5.41, 5.74) is 2.69. The van der Waals surface area contributed by atoms with Crippen LogP contribution in [0.1, 0.15) is 22.1 Å². The number of carbonyl (C=O) groups is 1. The van der Waals surface area contributed by atoms with Crippen molar-refractivity contribution in [3.8, 4) is 0 Å². The highest BCUT2D eigenvalue weighted by atomic mass is 16.2. The number of likely N-dealkylation sites (N-methyl/N-ethyl adjacent to an activating group) is 1. The Morgan fingerprint density at radius 1 is 1.32 bits per heavy atom. The Morgan fingerprint density at radius 2 is 2.20 bits per heavy atom. The topological polar surface area (TPSA) is 54.3 Å². The molecule has 1 aliphatic heterocycles. The number of hydrogen-bond acceptors (Lipinski definition) is 4. The molecule has 128 valence electrons. The second-order valence-corrected chi connectivity index (χ2v) is 6.80. The van der Waals surface area contributed by atoms with Gasteiger partial charge in [0.2, 0.25) is 0 Å². The van der Waals surface area contributed by atoms with Gasteiger partial charge in [-0.1, -0.05) is 6.07 Å². The Morgan fingerprint density at radius 3 is 3.04 bits per heavy atom. The predicted octanol–water partition coefficient (Wildman–Crippen LogP) is 2.19. The zero-order valence-electron chi connectivity index (χ0n) is 14.5. The van der Waals surface area contributed by atoms with Crippen LogP contribution in [0.4, 0.5) is 0 Å². The molecule has 0 saturated carbocycles. The predicted molar refractivity (Wildman–Crippen MR) is 96.3 cm³/mol. The second-order valence-electron chi connectivity index (χ2n) is 6.80. The molecule has 4 rings (SSSR count). The van der Waals surface area contributed by atoms with Crippen LogP contribution in [0.2, 0.25) is 0 Å². The summed E-state index contributed by atoms with van der Waals surface area (Å²) in [5.74, 6) is 0.0574. The molecule has 2 aromatic heterocycles. The summed E-state index contributed by atoms with van der Waals surface area (Å²) in [7, 11) is 4.10. The molecule has 0 radical (unpaired) electrons. The molecular weight excluding hydrogens is 314 g/mol. The van der Waals surface area contributed by atoms with Crippen LogP contribution in [0.15, 0.2) is 49.1 Å². The van der Waals surface area contributed by atoms with E-state index >= 15 is 0 Å². The molecule has 0 bridgehead atoms. The van der Waals surface area contributed by atoms with E-state index in [1.165, 1.54) is 0 Å². The number of fused-ring (bicyclic) bond motifs is 2. The summed E-state index contributed by atoms with van der Waals surface area (Å²) in [6.45, 7) is 2.15. The average Bonchev–Trinajstić information content (AvgIpc) is 3.09. The maximum Gasteiger partial charge on any atom is 0.254 e. The molecule has 0 unspecified atom stereocenters. The minimum absolute atomic E-state index is 0.0574. The Balaban J connectivity index is 1.63. The van der Waals surface area contributed by atoms with Gasteiger partial charge in [-0.05, 0) is 38.4 Å². The summed E-state index contributed by atoms with van der Waals surface area (Å²) in [6, 6.07) is 9.80. The van der Waals surface area contributed by atoms with Crippen LogP contribution in [0.25, 0.3) is 10.9 Å². The molecule has 6 heteroatoms. The summed E-state index contributed by atoms with van der Waals surface area (Å²) in [6.07, 6.45) is 5.49. The molecule has 3 aromatic rings. The summed E-state index contributed by atoms with van der Waals surface area (Å²) < 4.78 is 2.19. The standard InChI is InChI=1S/C19H21N5O/c1-22(2)10-17-12-23(11-16-9-20-13-24(16)17)19(25)15-5-6-18-14(8-15)4-3-7-21-18/h3-9,13,17H,10-12H2,1-2H3/t17-/m1/s1. The van der Waals surface area contributed by atoms with Gasteiger partial charge in [0.25, 0.3) is 5.91 Å². The largest absolute Gasteiger partial charge is 0.331 e. The van der Waals surface area contributed by atoms with Gasteiger partial charge in [-0.15, -0.1) is 0 Å². The van der Waals surface area contributed by atoms with Gasteiger partial charge in [0.05, 0.1) is 30.1 Å². The first-order valence-electron chi connectivity index (χ1n) is 8.41. The molecule has 25 heavy (non-hydrogen) atoms. The maximum absolute atomic E-state index is 13.1. The van der Waals surface area contributed by atoms with Crippen molar-refractivity contribution < 1.29 is 4.79 Å². The highest BCUT2D eigenvalue weighted by molar-refractivity contribution is 5.98. The van der Waals surface area contributed by atoms with Crippen LogP contribution in [-0.2, 0) is 6.54 Å². The van der Waals surface area contributed by atoms with Crippen LogP contribution in [0, 0.1) is 0 Å². The van der Waals surface area contributed by atoms with Crippen molar-refractivity contribution in [2.24, 2.45) is 0 Å². The highest BCUT2D eigenvalue weighted by Crippen LogP contribution is 2.24. The van der Waals surface area contributed by atoms with Gasteiger partial charge in [0.15, 0.2) is 0 Å². The summed E-state index contributed by atoms with van der Waals surface area (Å²) in [4.78, 5) is 25.7. The molecule has 1 aliphatic rings. The summed E-state index contributed by atoms with van der Waals surface area (Å²) >= 11 is 0. The van der Waals surface area contributed by atoms with Crippen molar-refractivity contribution in [3.05, 3.63) is 60.3 Å². The lowest BCUT2D eigenvalue weighted by Gasteiger charge is -2.35. The van der Waals surface area contributed by atoms with Crippen molar-refractivity contribution in [2.75, 3.05) is 27.2 Å². The van der Waals surface area contributed by atoms with E-state index in [-0.39, 0.29) is 11.9 Å². The van der Waals surface area contributed by atoms with E-state index in [0.29, 0.717) is 18.7 Å². The van der Waals surface area contributed by atoms with E-state index in [1.54, 1.807) is 6.20 Å². The van der Waals surface area contributed by atoms with Gasteiger partial charge >= 0.3 is 0 Å². The number of carbonyl (C=O) groups excluding carboxylic acids is 1. The first kappa shape index (κ1) is 15.8. The van der Waals surface area contributed by atoms with E-state index in [4.69, 9.17) is 0 Å². The third kappa shape index (κ3) is 3.00. The summed E-state index contributed by atoms with van der Waals surface area (Å²) in [5, 5.41) is 0.986. The average molecular weight is 335 g/mol. The minimum atomic E-state index is 0.0574. The third-order valence-corrected chi connectivity index (χ3v) is 4.64. The lowest BCUT2D eigenvalue weighted by molar-refractivity contribution is 0.0664. The molecule has 1 amide bonds. The quantitative estimate of drug-likeness (QED) is 0.736. The fraction of sp³-hybridized carbons (Fsp3) is 0.316. The van der Waals surface area contributed by atoms with E-state index in [2.05, 4.69) is 19.4 Å². The molecule has 3 heterocycles. The number of hydrogen-bond donors (Lipinski definition) is 0. The Hall–Kier alpha value is -2.73. The third-order valence-electron chi connectivity index (χ3n) is 4.64. The molecule has 0 aliphatic carbocycles. The van der Waals surface area contributed by atoms with Crippen LogP contribution in [-0.4, -0.2) is 57.4 Å². The maximum atomic E-state index is 13.1. The van der Waals surface area contributed by atoms with Crippen molar-refractivity contribution >= 4 is 16.8 Å². The molecule has 6 nitrogen and oxygen atoms in total. The first-order valence-corrected chi connectivity index (χ1v) is 8.41.